The molecule has 0 saturated heterocycles. The summed E-state index contributed by atoms with van der Waals surface area (Å²) in [7, 11) is 0. The van der Waals surface area contributed by atoms with E-state index in [1.807, 2.05) is 0 Å². The van der Waals surface area contributed by atoms with Crippen molar-refractivity contribution in [2.75, 3.05) is 0 Å². The normalized spacial score (nSPS) is 10.6. The highest BCUT2D eigenvalue weighted by atomic mass is 16.3. The van der Waals surface area contributed by atoms with Crippen molar-refractivity contribution in [2.24, 2.45) is 0 Å². The van der Waals surface area contributed by atoms with Crippen molar-refractivity contribution in [3.63, 3.8) is 0 Å². The van der Waals surface area contributed by atoms with Crippen LogP contribution in [0.5, 0.6) is 5.75 Å². The van der Waals surface area contributed by atoms with Crippen LogP contribution in [0.15, 0.2) is 24.3 Å². The van der Waals surface area contributed by atoms with Gasteiger partial charge < -0.3 is 5.11 Å². The fourth-order valence-electron chi connectivity index (χ4n) is 0.647. The van der Waals surface area contributed by atoms with Crippen molar-refractivity contribution in [3.8, 4) is 5.75 Å². The summed E-state index contributed by atoms with van der Waals surface area (Å²) in [6.07, 6.45) is 0. The van der Waals surface area contributed by atoms with Crippen molar-refractivity contribution in [1.82, 2.24) is 0 Å². The van der Waals surface area contributed by atoms with Gasteiger partial charge >= 0.3 is 0 Å². The summed E-state index contributed by atoms with van der Waals surface area (Å²) < 4.78 is 6.79. The van der Waals surface area contributed by atoms with Crippen molar-refractivity contribution in [1.29, 1.82) is 0 Å². The molecule has 0 atom stereocenters. The van der Waals surface area contributed by atoms with Gasteiger partial charge in [-0.1, -0.05) is 0 Å². The van der Waals surface area contributed by atoms with Crippen molar-refractivity contribution in [3.05, 3.63) is 29.8 Å². The van der Waals surface area contributed by atoms with Crippen LogP contribution in [0.1, 0.15) is 18.6 Å². The number of hydrogen-bond acceptors (Lipinski definition) is 2. The number of phenols is 1. The Balaban J connectivity index is 2.90. The summed E-state index contributed by atoms with van der Waals surface area (Å²) in [6.45, 7) is -0.245. The Labute approximate surface area is 60.5 Å². The van der Waals surface area contributed by atoms with E-state index < -0.39 is 0 Å². The molecule has 0 aliphatic carbocycles. The lowest BCUT2D eigenvalue weighted by Crippen LogP contribution is -1.89. The van der Waals surface area contributed by atoms with Gasteiger partial charge in [0.1, 0.15) is 5.75 Å². The minimum Gasteiger partial charge on any atom is -0.508 e. The van der Waals surface area contributed by atoms with E-state index >= 15 is 0 Å². The second kappa shape index (κ2) is 2.52. The van der Waals surface area contributed by atoms with Crippen LogP contribution < -0.4 is 0 Å². The maximum atomic E-state index is 10.9. The number of phenolic OH excluding ortho intramolecular Hbond substituents is 1. The molecule has 0 heterocycles. The van der Waals surface area contributed by atoms with Gasteiger partial charge in [0.05, 0.1) is 0 Å². The molecule has 1 aromatic rings. The van der Waals surface area contributed by atoms with Crippen molar-refractivity contribution in [2.45, 2.75) is 6.90 Å². The molecular weight excluding hydrogens is 128 g/mol. The first-order chi connectivity index (χ1) is 5.24. The highest BCUT2D eigenvalue weighted by Crippen LogP contribution is 2.09. The van der Waals surface area contributed by atoms with Gasteiger partial charge in [0.2, 0.25) is 0 Å². The molecule has 0 bridgehead atoms. The van der Waals surface area contributed by atoms with Crippen LogP contribution >= 0.6 is 0 Å². The van der Waals surface area contributed by atoms with Gasteiger partial charge in [0.25, 0.3) is 0 Å². The standard InChI is InChI=1S/C8H8O2/c1-6(9)7-2-4-8(10)5-3-7/h2-5,10H,1H3/i1D. The van der Waals surface area contributed by atoms with E-state index in [-0.39, 0.29) is 18.4 Å². The summed E-state index contributed by atoms with van der Waals surface area (Å²) >= 11 is 0. The Morgan fingerprint density at radius 3 is 2.60 bits per heavy atom. The Hall–Kier alpha value is -1.31. The van der Waals surface area contributed by atoms with Crippen molar-refractivity contribution >= 4 is 5.78 Å². The number of aromatic hydroxyl groups is 1. The second-order valence-corrected chi connectivity index (χ2v) is 1.97. The highest BCUT2D eigenvalue weighted by molar-refractivity contribution is 5.94. The number of rotatable bonds is 1. The Morgan fingerprint density at radius 1 is 1.50 bits per heavy atom. The molecule has 0 aromatic heterocycles. The Bertz CT molecular complexity index is 253. The summed E-state index contributed by atoms with van der Waals surface area (Å²) in [5.74, 6) is -0.100. The molecule has 0 spiro atoms. The topological polar surface area (TPSA) is 37.3 Å². The van der Waals surface area contributed by atoms with Gasteiger partial charge in [0, 0.05) is 6.93 Å². The quantitative estimate of drug-likeness (QED) is 0.597. The highest BCUT2D eigenvalue weighted by Gasteiger charge is 1.96. The third-order valence-electron chi connectivity index (χ3n) is 1.19. The zero-order chi connectivity index (χ0) is 8.27. The monoisotopic (exact) mass is 137 g/mol. The van der Waals surface area contributed by atoms with Gasteiger partial charge in [-0.25, -0.2) is 0 Å². The van der Waals surface area contributed by atoms with E-state index in [2.05, 4.69) is 0 Å². The third kappa shape index (κ3) is 1.35. The molecule has 1 aromatic carbocycles. The number of Topliss-reactive ketones (excluding diaryl/α,β-unsaturated/α-hetero) is 1. The van der Waals surface area contributed by atoms with Crippen LogP contribution in [0.2, 0.25) is 0 Å². The molecule has 0 fully saturated rings. The summed E-state index contributed by atoms with van der Waals surface area (Å²) in [5.41, 5.74) is 0.470. The molecule has 0 radical (unpaired) electrons. The van der Waals surface area contributed by atoms with E-state index in [0.29, 0.717) is 5.56 Å². The molecule has 0 amide bonds. The first-order valence-corrected chi connectivity index (χ1v) is 2.85. The molecule has 0 saturated carbocycles. The van der Waals surface area contributed by atoms with E-state index in [9.17, 15) is 4.79 Å². The maximum Gasteiger partial charge on any atom is 0.159 e. The van der Waals surface area contributed by atoms with E-state index in [1.165, 1.54) is 24.3 Å². The fraction of sp³-hybridized carbons (Fsp3) is 0.125. The summed E-state index contributed by atoms with van der Waals surface area (Å²) in [5, 5.41) is 8.85. The second-order valence-electron chi connectivity index (χ2n) is 1.97. The molecule has 52 valence electrons. The predicted molar refractivity (Wildman–Crippen MR) is 38.1 cm³/mol. The number of carbonyl (C=O) groups excluding carboxylic acids is 1. The van der Waals surface area contributed by atoms with E-state index in [4.69, 9.17) is 6.48 Å². The fourth-order valence-corrected chi connectivity index (χ4v) is 0.647. The largest absolute Gasteiger partial charge is 0.508 e. The molecule has 0 aliphatic rings. The van der Waals surface area contributed by atoms with Crippen molar-refractivity contribution < 1.29 is 11.3 Å². The lowest BCUT2D eigenvalue weighted by atomic mass is 10.1. The van der Waals surface area contributed by atoms with Crippen LogP contribution in [0.4, 0.5) is 0 Å². The number of benzene rings is 1. The summed E-state index contributed by atoms with van der Waals surface area (Å²) in [4.78, 5) is 10.9. The maximum absolute atomic E-state index is 10.9. The van der Waals surface area contributed by atoms with E-state index in [1.54, 1.807) is 0 Å². The van der Waals surface area contributed by atoms with Crippen LogP contribution in [0.25, 0.3) is 0 Å². The minimum atomic E-state index is -0.245. The number of ketones is 1. The zero-order valence-electron chi connectivity index (χ0n) is 6.37. The van der Waals surface area contributed by atoms with Crippen LogP contribution in [0, 0.1) is 0 Å². The molecular formula is C8H8O2. The van der Waals surface area contributed by atoms with Gasteiger partial charge in [-0.15, -0.1) is 0 Å². The molecule has 1 N–H and O–H groups in total. The molecule has 2 nitrogen and oxygen atoms in total. The van der Waals surface area contributed by atoms with E-state index in [0.717, 1.165) is 0 Å². The smallest absolute Gasteiger partial charge is 0.159 e. The average Bonchev–Trinajstić information content (AvgIpc) is 2.05. The van der Waals surface area contributed by atoms with Crippen LogP contribution in [-0.2, 0) is 0 Å². The van der Waals surface area contributed by atoms with Gasteiger partial charge in [-0.2, -0.15) is 0 Å². The predicted octanol–water partition coefficient (Wildman–Crippen LogP) is 1.59. The zero-order valence-corrected chi connectivity index (χ0v) is 5.37. The van der Waals surface area contributed by atoms with Gasteiger partial charge in [-0.05, 0) is 31.2 Å². The lowest BCUT2D eigenvalue weighted by molar-refractivity contribution is 0.101. The average molecular weight is 137 g/mol. The third-order valence-corrected chi connectivity index (χ3v) is 1.19. The molecule has 1 rings (SSSR count). The first-order valence-electron chi connectivity index (χ1n) is 3.56. The molecule has 0 unspecified atom stereocenters. The lowest BCUT2D eigenvalue weighted by Gasteiger charge is -1.93. The van der Waals surface area contributed by atoms with Crippen LogP contribution in [0.3, 0.4) is 0 Å². The SMILES string of the molecule is [2H]CC(=O)c1ccc(O)cc1. The van der Waals surface area contributed by atoms with Crippen LogP contribution in [-0.4, -0.2) is 10.9 Å². The molecule has 2 heteroatoms. The number of carbonyl (C=O) groups is 1. The Morgan fingerprint density at radius 2 is 2.10 bits per heavy atom. The molecule has 10 heavy (non-hydrogen) atoms. The first kappa shape index (κ1) is 5.47. The molecule has 0 aliphatic heterocycles. The van der Waals surface area contributed by atoms with Gasteiger partial charge in [-0.3, -0.25) is 4.79 Å². The minimum absolute atomic E-state index is 0.131. The Kier molecular flexibility index (Phi) is 1.38. The summed E-state index contributed by atoms with van der Waals surface area (Å²) in [6, 6.07) is 5.88. The van der Waals surface area contributed by atoms with Gasteiger partial charge in [0.15, 0.2) is 5.78 Å². The number of hydrogen-bond donors (Lipinski definition) is 1.